The number of nitrogens with zero attached hydrogens (tertiary/aromatic N) is 1. The summed E-state index contributed by atoms with van der Waals surface area (Å²) in [6, 6.07) is 12.8. The summed E-state index contributed by atoms with van der Waals surface area (Å²) in [4.78, 5) is 10.4. The molecular formula is C14H13FN2O2. The molecule has 0 bridgehead atoms. The monoisotopic (exact) mass is 260 g/mol. The summed E-state index contributed by atoms with van der Waals surface area (Å²) in [6.07, 6.45) is 0.601. The van der Waals surface area contributed by atoms with Gasteiger partial charge in [-0.1, -0.05) is 24.3 Å². The summed E-state index contributed by atoms with van der Waals surface area (Å²) >= 11 is 0. The van der Waals surface area contributed by atoms with Crippen molar-refractivity contribution in [2.24, 2.45) is 0 Å². The lowest BCUT2D eigenvalue weighted by molar-refractivity contribution is -0.384. The van der Waals surface area contributed by atoms with Crippen LogP contribution >= 0.6 is 0 Å². The van der Waals surface area contributed by atoms with Crippen LogP contribution in [0.1, 0.15) is 5.56 Å². The van der Waals surface area contributed by atoms with E-state index in [-0.39, 0.29) is 11.5 Å². The molecule has 2 aromatic carbocycles. The fourth-order valence-corrected chi connectivity index (χ4v) is 1.82. The van der Waals surface area contributed by atoms with Gasteiger partial charge in [-0.3, -0.25) is 10.1 Å². The highest BCUT2D eigenvalue weighted by Gasteiger charge is 2.11. The van der Waals surface area contributed by atoms with Gasteiger partial charge >= 0.3 is 0 Å². The predicted octanol–water partition coefficient (Wildman–Crippen LogP) is 3.39. The van der Waals surface area contributed by atoms with Gasteiger partial charge in [-0.2, -0.15) is 0 Å². The van der Waals surface area contributed by atoms with Gasteiger partial charge in [-0.25, -0.2) is 4.39 Å². The highest BCUT2D eigenvalue weighted by Crippen LogP contribution is 2.22. The van der Waals surface area contributed by atoms with Gasteiger partial charge in [0.2, 0.25) is 0 Å². The largest absolute Gasteiger partial charge is 0.379 e. The molecular weight excluding hydrogens is 247 g/mol. The van der Waals surface area contributed by atoms with Crippen LogP contribution in [-0.4, -0.2) is 11.5 Å². The molecule has 0 aromatic heterocycles. The number of nitrogens with one attached hydrogen (secondary N) is 1. The fraction of sp³-hybridized carbons (Fsp3) is 0.143. The van der Waals surface area contributed by atoms with E-state index in [0.29, 0.717) is 18.7 Å². The maximum Gasteiger partial charge on any atom is 0.292 e. The molecule has 19 heavy (non-hydrogen) atoms. The van der Waals surface area contributed by atoms with E-state index in [1.54, 1.807) is 24.3 Å². The summed E-state index contributed by atoms with van der Waals surface area (Å²) in [5.74, 6) is -0.275. The number of benzene rings is 2. The van der Waals surface area contributed by atoms with E-state index in [1.807, 2.05) is 6.07 Å². The van der Waals surface area contributed by atoms with Crippen molar-refractivity contribution in [3.63, 3.8) is 0 Å². The zero-order valence-corrected chi connectivity index (χ0v) is 10.2. The van der Waals surface area contributed by atoms with Crippen molar-refractivity contribution in [2.75, 3.05) is 11.9 Å². The topological polar surface area (TPSA) is 55.2 Å². The van der Waals surface area contributed by atoms with Crippen molar-refractivity contribution in [1.82, 2.24) is 0 Å². The van der Waals surface area contributed by atoms with Crippen LogP contribution in [0, 0.1) is 15.9 Å². The molecule has 0 amide bonds. The third-order valence-corrected chi connectivity index (χ3v) is 2.72. The molecule has 2 rings (SSSR count). The Labute approximate surface area is 110 Å². The molecule has 0 fully saturated rings. The minimum atomic E-state index is -0.426. The van der Waals surface area contributed by atoms with E-state index in [1.165, 1.54) is 18.2 Å². The summed E-state index contributed by atoms with van der Waals surface area (Å²) in [5.41, 5.74) is 1.37. The standard InChI is InChI=1S/C14H13FN2O2/c15-12-5-3-4-11(10-12)8-9-16-13-6-1-2-7-14(13)17(18)19/h1-7,10,16H,8-9H2. The van der Waals surface area contributed by atoms with Crippen LogP contribution in [0.2, 0.25) is 0 Å². The maximum atomic E-state index is 13.0. The third-order valence-electron chi connectivity index (χ3n) is 2.72. The first-order chi connectivity index (χ1) is 9.16. The molecule has 0 saturated heterocycles. The number of nitro benzene ring substituents is 1. The summed E-state index contributed by atoms with van der Waals surface area (Å²) in [6.45, 7) is 0.508. The molecule has 0 aliphatic carbocycles. The first kappa shape index (κ1) is 13.0. The molecule has 0 saturated carbocycles. The first-order valence-corrected chi connectivity index (χ1v) is 5.88. The zero-order chi connectivity index (χ0) is 13.7. The smallest absolute Gasteiger partial charge is 0.292 e. The Balaban J connectivity index is 1.98. The minimum Gasteiger partial charge on any atom is -0.379 e. The van der Waals surface area contributed by atoms with Gasteiger partial charge in [0.1, 0.15) is 11.5 Å². The van der Waals surface area contributed by atoms with Crippen molar-refractivity contribution >= 4 is 11.4 Å². The SMILES string of the molecule is O=[N+]([O-])c1ccccc1NCCc1cccc(F)c1. The molecule has 5 heteroatoms. The lowest BCUT2D eigenvalue weighted by Gasteiger charge is -2.07. The molecule has 98 valence electrons. The molecule has 0 atom stereocenters. The number of nitro groups is 1. The van der Waals surface area contributed by atoms with Crippen LogP contribution in [-0.2, 0) is 6.42 Å². The molecule has 0 spiro atoms. The van der Waals surface area contributed by atoms with Gasteiger partial charge in [-0.05, 0) is 30.2 Å². The summed E-state index contributed by atoms with van der Waals surface area (Å²) < 4.78 is 13.0. The van der Waals surface area contributed by atoms with E-state index < -0.39 is 4.92 Å². The second-order valence-electron chi connectivity index (χ2n) is 4.08. The van der Waals surface area contributed by atoms with Crippen LogP contribution in [0.4, 0.5) is 15.8 Å². The number of halogens is 1. The maximum absolute atomic E-state index is 13.0. The average molecular weight is 260 g/mol. The van der Waals surface area contributed by atoms with Gasteiger partial charge < -0.3 is 5.32 Å². The van der Waals surface area contributed by atoms with Crippen molar-refractivity contribution in [3.8, 4) is 0 Å². The summed E-state index contributed by atoms with van der Waals surface area (Å²) in [5, 5.41) is 13.8. The van der Waals surface area contributed by atoms with E-state index in [2.05, 4.69) is 5.32 Å². The zero-order valence-electron chi connectivity index (χ0n) is 10.2. The number of anilines is 1. The van der Waals surface area contributed by atoms with Crippen molar-refractivity contribution in [3.05, 3.63) is 70.0 Å². The molecule has 4 nitrogen and oxygen atoms in total. The van der Waals surface area contributed by atoms with E-state index in [9.17, 15) is 14.5 Å². The van der Waals surface area contributed by atoms with Crippen LogP contribution in [0.5, 0.6) is 0 Å². The van der Waals surface area contributed by atoms with Crippen molar-refractivity contribution in [2.45, 2.75) is 6.42 Å². The molecule has 2 aromatic rings. The highest BCUT2D eigenvalue weighted by molar-refractivity contribution is 5.61. The fourth-order valence-electron chi connectivity index (χ4n) is 1.82. The van der Waals surface area contributed by atoms with Crippen molar-refractivity contribution in [1.29, 1.82) is 0 Å². The molecule has 0 heterocycles. The van der Waals surface area contributed by atoms with Gasteiger partial charge in [0.05, 0.1) is 4.92 Å². The van der Waals surface area contributed by atoms with E-state index >= 15 is 0 Å². The molecule has 0 radical (unpaired) electrons. The highest BCUT2D eigenvalue weighted by atomic mass is 19.1. The van der Waals surface area contributed by atoms with Gasteiger partial charge in [-0.15, -0.1) is 0 Å². The Bertz CT molecular complexity index is 587. The Morgan fingerprint density at radius 1 is 1.16 bits per heavy atom. The first-order valence-electron chi connectivity index (χ1n) is 5.88. The summed E-state index contributed by atoms with van der Waals surface area (Å²) in [7, 11) is 0. The number of hydrogen-bond acceptors (Lipinski definition) is 3. The van der Waals surface area contributed by atoms with Crippen LogP contribution in [0.3, 0.4) is 0 Å². The lowest BCUT2D eigenvalue weighted by Crippen LogP contribution is -2.06. The molecule has 0 unspecified atom stereocenters. The Morgan fingerprint density at radius 2 is 1.95 bits per heavy atom. The normalized spacial score (nSPS) is 10.2. The Hall–Kier alpha value is -2.43. The van der Waals surface area contributed by atoms with Crippen LogP contribution in [0.25, 0.3) is 0 Å². The van der Waals surface area contributed by atoms with Gasteiger partial charge in [0, 0.05) is 12.6 Å². The van der Waals surface area contributed by atoms with Gasteiger partial charge in [0.25, 0.3) is 5.69 Å². The van der Waals surface area contributed by atoms with E-state index in [4.69, 9.17) is 0 Å². The van der Waals surface area contributed by atoms with Gasteiger partial charge in [0.15, 0.2) is 0 Å². The molecule has 0 aliphatic heterocycles. The second-order valence-corrected chi connectivity index (χ2v) is 4.08. The van der Waals surface area contributed by atoms with Crippen LogP contribution < -0.4 is 5.32 Å². The van der Waals surface area contributed by atoms with E-state index in [0.717, 1.165) is 5.56 Å². The number of para-hydroxylation sites is 2. The average Bonchev–Trinajstić information content (AvgIpc) is 2.39. The predicted molar refractivity (Wildman–Crippen MR) is 71.7 cm³/mol. The third kappa shape index (κ3) is 3.51. The quantitative estimate of drug-likeness (QED) is 0.662. The van der Waals surface area contributed by atoms with Crippen LogP contribution in [0.15, 0.2) is 48.5 Å². The minimum absolute atomic E-state index is 0.0433. The molecule has 0 aliphatic rings. The Morgan fingerprint density at radius 3 is 2.68 bits per heavy atom. The number of rotatable bonds is 5. The van der Waals surface area contributed by atoms with Crippen molar-refractivity contribution < 1.29 is 9.31 Å². The number of hydrogen-bond donors (Lipinski definition) is 1. The lowest BCUT2D eigenvalue weighted by atomic mass is 10.1. The second kappa shape index (κ2) is 5.95. The molecule has 1 N–H and O–H groups in total. The Kier molecular flexibility index (Phi) is 4.07.